The van der Waals surface area contributed by atoms with E-state index in [0.717, 1.165) is 0 Å². The molecule has 0 aliphatic heterocycles. The first-order valence-electron chi connectivity index (χ1n) is 4.80. The number of aromatic nitrogens is 1. The average molecular weight is 278 g/mol. The van der Waals surface area contributed by atoms with Crippen LogP contribution in [0.3, 0.4) is 0 Å². The van der Waals surface area contributed by atoms with Gasteiger partial charge < -0.3 is 5.32 Å². The minimum Gasteiger partial charge on any atom is -0.334 e. The van der Waals surface area contributed by atoms with Gasteiger partial charge in [-0.3, -0.25) is 5.32 Å². The van der Waals surface area contributed by atoms with E-state index < -0.39 is 23.1 Å². The molecule has 5 nitrogen and oxygen atoms in total. The van der Waals surface area contributed by atoms with Gasteiger partial charge in [0.1, 0.15) is 4.88 Å². The molecule has 2 amide bonds. The van der Waals surface area contributed by atoms with Crippen molar-refractivity contribution >= 4 is 22.5 Å². The first-order valence-corrected chi connectivity index (χ1v) is 5.62. The minimum atomic E-state index is -4.47. The Kier molecular flexibility index (Phi) is 4.49. The zero-order valence-electron chi connectivity index (χ0n) is 9.21. The van der Waals surface area contributed by atoms with Crippen LogP contribution in [0.1, 0.15) is 18.2 Å². The predicted octanol–water partition coefficient (Wildman–Crippen LogP) is 2.59. The van der Waals surface area contributed by atoms with E-state index >= 15 is 0 Å². The third-order valence-electron chi connectivity index (χ3n) is 1.78. The van der Waals surface area contributed by atoms with Crippen molar-refractivity contribution in [2.24, 2.45) is 0 Å². The fraction of sp³-hybridized carbons (Fsp3) is 0.444. The topological polar surface area (TPSA) is 77.8 Å². The van der Waals surface area contributed by atoms with Gasteiger partial charge in [0.15, 0.2) is 5.13 Å². The largest absolute Gasteiger partial charge is 0.427 e. The summed E-state index contributed by atoms with van der Waals surface area (Å²) in [5.41, 5.74) is 0. The van der Waals surface area contributed by atoms with Crippen molar-refractivity contribution in [2.75, 3.05) is 5.32 Å². The van der Waals surface area contributed by atoms with Gasteiger partial charge in [-0.15, -0.1) is 0 Å². The summed E-state index contributed by atoms with van der Waals surface area (Å²) in [5, 5.41) is 12.8. The first-order chi connectivity index (χ1) is 8.32. The summed E-state index contributed by atoms with van der Waals surface area (Å²) in [4.78, 5) is 13.9. The number of thiazole rings is 1. The molecule has 18 heavy (non-hydrogen) atoms. The van der Waals surface area contributed by atoms with Crippen molar-refractivity contribution in [3.8, 4) is 6.07 Å². The number of nitriles is 1. The number of carbonyl (C=O) groups is 1. The Morgan fingerprint density at radius 1 is 1.67 bits per heavy atom. The number of anilines is 1. The van der Waals surface area contributed by atoms with Crippen LogP contribution >= 0.6 is 11.3 Å². The number of alkyl halides is 3. The van der Waals surface area contributed by atoms with Gasteiger partial charge in [0.2, 0.25) is 0 Å². The molecular formula is C9H9F3N4OS. The molecule has 9 heteroatoms. The van der Waals surface area contributed by atoms with Crippen molar-refractivity contribution in [2.45, 2.75) is 25.6 Å². The fourth-order valence-corrected chi connectivity index (χ4v) is 1.69. The third kappa shape index (κ3) is 4.21. The van der Waals surface area contributed by atoms with Gasteiger partial charge >= 0.3 is 12.2 Å². The van der Waals surface area contributed by atoms with Crippen LogP contribution in [0, 0.1) is 11.3 Å². The van der Waals surface area contributed by atoms with E-state index in [-0.39, 0.29) is 11.6 Å². The van der Waals surface area contributed by atoms with Crippen LogP contribution in [-0.4, -0.2) is 17.1 Å². The summed E-state index contributed by atoms with van der Waals surface area (Å²) < 4.78 is 36.8. The van der Waals surface area contributed by atoms with E-state index in [1.165, 1.54) is 0 Å². The quantitative estimate of drug-likeness (QED) is 0.892. The summed E-state index contributed by atoms with van der Waals surface area (Å²) in [6.45, 7) is 1.60. The standard InChI is InChI=1S/C9H9F3N4OS/c1-5(2-3-13)15-7(17)16-8-14-4-6(18-8)9(10,11)12/h4-5H,2H2,1H3,(H2,14,15,16,17)/t5-/m0/s1. The normalized spacial score (nSPS) is 12.6. The number of amides is 2. The van der Waals surface area contributed by atoms with Crippen molar-refractivity contribution in [1.82, 2.24) is 10.3 Å². The number of rotatable bonds is 3. The molecule has 0 aliphatic carbocycles. The molecule has 1 heterocycles. The number of urea groups is 1. The third-order valence-corrected chi connectivity index (χ3v) is 2.74. The number of nitrogens with zero attached hydrogens (tertiary/aromatic N) is 2. The molecule has 2 N–H and O–H groups in total. The molecule has 0 fully saturated rings. The van der Waals surface area contributed by atoms with Crippen LogP contribution in [0.2, 0.25) is 0 Å². The monoisotopic (exact) mass is 278 g/mol. The molecule has 0 saturated carbocycles. The van der Waals surface area contributed by atoms with E-state index in [9.17, 15) is 18.0 Å². The van der Waals surface area contributed by atoms with E-state index in [4.69, 9.17) is 5.26 Å². The van der Waals surface area contributed by atoms with Gasteiger partial charge in [0.05, 0.1) is 18.7 Å². The summed E-state index contributed by atoms with van der Waals surface area (Å²) in [6.07, 6.45) is -3.71. The van der Waals surface area contributed by atoms with Crippen LogP contribution < -0.4 is 10.6 Å². The molecule has 0 aliphatic rings. The molecule has 0 aromatic carbocycles. The van der Waals surface area contributed by atoms with Gasteiger partial charge in [-0.05, 0) is 6.92 Å². The van der Waals surface area contributed by atoms with Gasteiger partial charge in [-0.1, -0.05) is 11.3 Å². The Bertz CT molecular complexity index is 465. The lowest BCUT2D eigenvalue weighted by Crippen LogP contribution is -2.35. The maximum atomic E-state index is 12.3. The fourth-order valence-electron chi connectivity index (χ4n) is 1.01. The van der Waals surface area contributed by atoms with E-state index in [1.807, 2.05) is 6.07 Å². The number of hydrogen-bond donors (Lipinski definition) is 2. The Labute approximate surface area is 105 Å². The van der Waals surface area contributed by atoms with E-state index in [0.29, 0.717) is 17.5 Å². The lowest BCUT2D eigenvalue weighted by atomic mass is 10.3. The van der Waals surface area contributed by atoms with Crippen LogP contribution in [0.5, 0.6) is 0 Å². The maximum absolute atomic E-state index is 12.3. The molecule has 98 valence electrons. The summed E-state index contributed by atoms with van der Waals surface area (Å²) in [5.74, 6) is 0. The summed E-state index contributed by atoms with van der Waals surface area (Å²) in [6, 6.07) is 0.771. The predicted molar refractivity (Wildman–Crippen MR) is 59.0 cm³/mol. The highest BCUT2D eigenvalue weighted by molar-refractivity contribution is 7.15. The van der Waals surface area contributed by atoms with Gasteiger partial charge in [-0.2, -0.15) is 18.4 Å². The Morgan fingerprint density at radius 3 is 2.83 bits per heavy atom. The van der Waals surface area contributed by atoms with Crippen LogP contribution in [0.25, 0.3) is 0 Å². The highest BCUT2D eigenvalue weighted by atomic mass is 32.1. The number of hydrogen-bond acceptors (Lipinski definition) is 4. The van der Waals surface area contributed by atoms with Crippen LogP contribution in [0.15, 0.2) is 6.20 Å². The molecule has 1 aromatic rings. The number of nitrogens with one attached hydrogen (secondary N) is 2. The summed E-state index contributed by atoms with van der Waals surface area (Å²) >= 11 is 0.336. The lowest BCUT2D eigenvalue weighted by molar-refractivity contribution is -0.134. The zero-order valence-corrected chi connectivity index (χ0v) is 10.0. The molecule has 1 atom stereocenters. The second-order valence-electron chi connectivity index (χ2n) is 3.39. The first kappa shape index (κ1) is 14.2. The highest BCUT2D eigenvalue weighted by Crippen LogP contribution is 2.34. The van der Waals surface area contributed by atoms with Crippen molar-refractivity contribution in [1.29, 1.82) is 5.26 Å². The van der Waals surface area contributed by atoms with E-state index in [1.54, 1.807) is 6.92 Å². The molecule has 0 unspecified atom stereocenters. The number of halogens is 3. The Morgan fingerprint density at radius 2 is 2.33 bits per heavy atom. The van der Waals surface area contributed by atoms with Gasteiger partial charge in [0, 0.05) is 6.04 Å². The van der Waals surface area contributed by atoms with Crippen LogP contribution in [0.4, 0.5) is 23.1 Å². The molecule has 1 rings (SSSR count). The molecule has 0 saturated heterocycles. The van der Waals surface area contributed by atoms with Gasteiger partial charge in [-0.25, -0.2) is 9.78 Å². The van der Waals surface area contributed by atoms with Gasteiger partial charge in [0.25, 0.3) is 0 Å². The SMILES string of the molecule is C[C@@H](CC#N)NC(=O)Nc1ncc(C(F)(F)F)s1. The van der Waals surface area contributed by atoms with Crippen molar-refractivity contribution in [3.05, 3.63) is 11.1 Å². The molecule has 0 spiro atoms. The maximum Gasteiger partial charge on any atom is 0.427 e. The Balaban J connectivity index is 2.56. The molecule has 1 aromatic heterocycles. The lowest BCUT2D eigenvalue weighted by Gasteiger charge is -2.09. The van der Waals surface area contributed by atoms with E-state index in [2.05, 4.69) is 15.6 Å². The second-order valence-corrected chi connectivity index (χ2v) is 4.42. The zero-order chi connectivity index (χ0) is 13.8. The Hall–Kier alpha value is -1.82. The van der Waals surface area contributed by atoms with Crippen molar-refractivity contribution in [3.63, 3.8) is 0 Å². The number of carbonyl (C=O) groups excluding carboxylic acids is 1. The smallest absolute Gasteiger partial charge is 0.334 e. The molecule has 0 radical (unpaired) electrons. The van der Waals surface area contributed by atoms with Crippen molar-refractivity contribution < 1.29 is 18.0 Å². The highest BCUT2D eigenvalue weighted by Gasteiger charge is 2.33. The summed E-state index contributed by atoms with van der Waals surface area (Å²) in [7, 11) is 0. The molecular weight excluding hydrogens is 269 g/mol. The molecule has 0 bridgehead atoms. The minimum absolute atomic E-state index is 0.110. The second kappa shape index (κ2) is 5.68. The van der Waals surface area contributed by atoms with Crippen LogP contribution in [-0.2, 0) is 6.18 Å². The average Bonchev–Trinajstić information content (AvgIpc) is 2.65.